The van der Waals surface area contributed by atoms with E-state index in [0.29, 0.717) is 23.2 Å². The second kappa shape index (κ2) is 10.3. The average Bonchev–Trinajstić information content (AvgIpc) is 3.22. The number of rotatable bonds is 6. The summed E-state index contributed by atoms with van der Waals surface area (Å²) < 4.78 is 6.38. The first-order valence-electron chi connectivity index (χ1n) is 9.89. The van der Waals surface area contributed by atoms with E-state index in [1.165, 1.54) is 6.42 Å². The van der Waals surface area contributed by atoms with Crippen molar-refractivity contribution in [1.82, 2.24) is 5.32 Å². The lowest BCUT2D eigenvalue weighted by Crippen LogP contribution is -2.45. The van der Waals surface area contributed by atoms with Crippen LogP contribution < -0.4 is 5.32 Å². The second-order valence-corrected chi connectivity index (χ2v) is 9.77. The van der Waals surface area contributed by atoms with Gasteiger partial charge in [0.05, 0.1) is 12.1 Å². The third kappa shape index (κ3) is 5.77. The van der Waals surface area contributed by atoms with Gasteiger partial charge in [-0.3, -0.25) is 9.79 Å². The van der Waals surface area contributed by atoms with E-state index in [1.807, 2.05) is 18.2 Å². The van der Waals surface area contributed by atoms with E-state index in [4.69, 9.17) is 4.74 Å². The molecule has 152 valence electrons. The van der Waals surface area contributed by atoms with Crippen molar-refractivity contribution in [2.45, 2.75) is 44.9 Å². The molecule has 0 spiro atoms. The summed E-state index contributed by atoms with van der Waals surface area (Å²) in [4.78, 5) is 29.2. The summed E-state index contributed by atoms with van der Waals surface area (Å²) in [7, 11) is 0. The van der Waals surface area contributed by atoms with Gasteiger partial charge in [-0.1, -0.05) is 68.4 Å². The summed E-state index contributed by atoms with van der Waals surface area (Å²) in [5.74, 6) is 2.08. The zero-order valence-corrected chi connectivity index (χ0v) is 18.1. The lowest BCUT2D eigenvalue weighted by molar-refractivity contribution is -0.125. The Kier molecular flexibility index (Phi) is 7.85. The first-order chi connectivity index (χ1) is 13.5. The van der Waals surface area contributed by atoms with Crippen molar-refractivity contribution >= 4 is 39.8 Å². The summed E-state index contributed by atoms with van der Waals surface area (Å²) in [6, 6.07) is 7.58. The van der Waals surface area contributed by atoms with Crippen LogP contribution in [0.25, 0.3) is 0 Å². The molecule has 1 aliphatic heterocycles. The van der Waals surface area contributed by atoms with Gasteiger partial charge in [-0.25, -0.2) is 4.79 Å². The molecule has 28 heavy (non-hydrogen) atoms. The number of hydrogen-bond acceptors (Lipinski definition) is 6. The molecular formula is C21H28N2O3S2. The Labute approximate surface area is 175 Å². The van der Waals surface area contributed by atoms with Crippen LogP contribution >= 0.6 is 23.5 Å². The number of hydrogen-bond donors (Lipinski definition) is 1. The first kappa shape index (κ1) is 21.2. The zero-order valence-electron chi connectivity index (χ0n) is 16.5. The molecule has 1 N–H and O–H groups in total. The van der Waals surface area contributed by atoms with Crippen LogP contribution in [-0.4, -0.2) is 41.2 Å². The van der Waals surface area contributed by atoms with Gasteiger partial charge in [0, 0.05) is 17.5 Å². The minimum Gasteiger partial charge on any atom is -0.452 e. The maximum Gasteiger partial charge on any atom is 0.338 e. The highest BCUT2D eigenvalue weighted by molar-refractivity contribution is 8.38. The van der Waals surface area contributed by atoms with Gasteiger partial charge in [-0.2, -0.15) is 0 Å². The fraction of sp³-hybridized carbons (Fsp3) is 0.571. The second-order valence-electron chi connectivity index (χ2n) is 7.46. The Morgan fingerprint density at radius 3 is 2.89 bits per heavy atom. The lowest BCUT2D eigenvalue weighted by atomic mass is 9.78. The zero-order chi connectivity index (χ0) is 19.9. The number of carbonyl (C=O) groups is 2. The quantitative estimate of drug-likeness (QED) is 0.701. The molecule has 3 rings (SSSR count). The number of benzene rings is 1. The third-order valence-corrected chi connectivity index (χ3v) is 7.83. The van der Waals surface area contributed by atoms with Crippen LogP contribution in [0.1, 0.15) is 49.0 Å². The van der Waals surface area contributed by atoms with Crippen molar-refractivity contribution in [3.8, 4) is 0 Å². The maximum absolute atomic E-state index is 12.5. The number of esters is 1. The Hall–Kier alpha value is -1.47. The van der Waals surface area contributed by atoms with E-state index in [2.05, 4.69) is 24.2 Å². The largest absolute Gasteiger partial charge is 0.452 e. The van der Waals surface area contributed by atoms with Gasteiger partial charge >= 0.3 is 5.97 Å². The van der Waals surface area contributed by atoms with Crippen LogP contribution in [0.5, 0.6) is 0 Å². The monoisotopic (exact) mass is 420 g/mol. The highest BCUT2D eigenvalue weighted by Gasteiger charge is 2.28. The Morgan fingerprint density at radius 2 is 2.11 bits per heavy atom. The molecule has 0 unspecified atom stereocenters. The van der Waals surface area contributed by atoms with E-state index in [9.17, 15) is 9.59 Å². The smallest absolute Gasteiger partial charge is 0.338 e. The van der Waals surface area contributed by atoms with Crippen molar-refractivity contribution in [1.29, 1.82) is 0 Å². The SMILES string of the molecule is C[C@@H]1[C@H](C)CCC[C@@H]1NC(=O)COC(=O)c1ccccc1CSC1=NCCS1. The number of aliphatic imine (C=N–C) groups is 1. The number of amides is 1. The summed E-state index contributed by atoms with van der Waals surface area (Å²) in [5, 5.41) is 3.04. The van der Waals surface area contributed by atoms with Crippen LogP contribution in [0.3, 0.4) is 0 Å². The Balaban J connectivity index is 1.51. The van der Waals surface area contributed by atoms with E-state index < -0.39 is 5.97 Å². The summed E-state index contributed by atoms with van der Waals surface area (Å²) in [5.41, 5.74) is 1.42. The highest BCUT2D eigenvalue weighted by atomic mass is 32.2. The average molecular weight is 421 g/mol. The predicted octanol–water partition coefficient (Wildman–Crippen LogP) is 4.12. The normalized spacial score (nSPS) is 24.5. The van der Waals surface area contributed by atoms with Crippen LogP contribution in [0.15, 0.2) is 29.3 Å². The van der Waals surface area contributed by atoms with Gasteiger partial charge in [-0.15, -0.1) is 0 Å². The number of thioether (sulfide) groups is 2. The third-order valence-electron chi connectivity index (χ3n) is 5.53. The van der Waals surface area contributed by atoms with Crippen molar-refractivity contribution in [3.63, 3.8) is 0 Å². The van der Waals surface area contributed by atoms with Gasteiger partial charge in [0.1, 0.15) is 4.38 Å². The molecule has 1 fully saturated rings. The molecule has 1 amide bonds. The van der Waals surface area contributed by atoms with Crippen molar-refractivity contribution in [2.75, 3.05) is 18.9 Å². The molecule has 1 aliphatic carbocycles. The number of nitrogens with one attached hydrogen (secondary N) is 1. The molecule has 1 saturated carbocycles. The molecule has 0 bridgehead atoms. The Bertz CT molecular complexity index is 738. The van der Waals surface area contributed by atoms with Gasteiger partial charge in [0.25, 0.3) is 5.91 Å². The molecule has 1 heterocycles. The minimum atomic E-state index is -0.447. The number of nitrogens with zero attached hydrogens (tertiary/aromatic N) is 1. The number of carbonyl (C=O) groups excluding carboxylic acids is 2. The summed E-state index contributed by atoms with van der Waals surface area (Å²) >= 11 is 3.39. The van der Waals surface area contributed by atoms with E-state index >= 15 is 0 Å². The van der Waals surface area contributed by atoms with Crippen LogP contribution in [-0.2, 0) is 15.3 Å². The fourth-order valence-electron chi connectivity index (χ4n) is 3.63. The predicted molar refractivity (Wildman–Crippen MR) is 117 cm³/mol. The van der Waals surface area contributed by atoms with Crippen LogP contribution in [0, 0.1) is 11.8 Å². The molecule has 1 aromatic carbocycles. The van der Waals surface area contributed by atoms with Crippen molar-refractivity contribution < 1.29 is 14.3 Å². The molecule has 0 saturated heterocycles. The molecule has 2 aliphatic rings. The maximum atomic E-state index is 12.5. The standard InChI is InChI=1S/C21H28N2O3S2/c1-14-6-5-9-18(15(14)2)23-19(24)12-26-20(25)17-8-4-3-7-16(17)13-28-21-22-10-11-27-21/h3-4,7-8,14-15,18H,5-6,9-13H2,1-2H3,(H,23,24)/t14-,15-,18+/m1/s1. The van der Waals surface area contributed by atoms with Gasteiger partial charge in [0.15, 0.2) is 6.61 Å². The highest BCUT2D eigenvalue weighted by Crippen LogP contribution is 2.29. The van der Waals surface area contributed by atoms with Crippen LogP contribution in [0.4, 0.5) is 0 Å². The van der Waals surface area contributed by atoms with Crippen LogP contribution in [0.2, 0.25) is 0 Å². The summed E-state index contributed by atoms with van der Waals surface area (Å²) in [6.07, 6.45) is 3.33. The lowest BCUT2D eigenvalue weighted by Gasteiger charge is -2.34. The molecule has 0 aromatic heterocycles. The van der Waals surface area contributed by atoms with Gasteiger partial charge < -0.3 is 10.1 Å². The molecule has 0 radical (unpaired) electrons. The molecule has 7 heteroatoms. The van der Waals surface area contributed by atoms with E-state index in [0.717, 1.165) is 35.1 Å². The number of ether oxygens (including phenoxy) is 1. The van der Waals surface area contributed by atoms with Crippen molar-refractivity contribution in [2.24, 2.45) is 16.8 Å². The van der Waals surface area contributed by atoms with Gasteiger partial charge in [0.2, 0.25) is 0 Å². The van der Waals surface area contributed by atoms with Gasteiger partial charge in [-0.05, 0) is 29.9 Å². The fourth-order valence-corrected chi connectivity index (χ4v) is 5.64. The Morgan fingerprint density at radius 1 is 1.29 bits per heavy atom. The molecule has 3 atom stereocenters. The minimum absolute atomic E-state index is 0.170. The van der Waals surface area contributed by atoms with E-state index in [-0.39, 0.29) is 18.6 Å². The summed E-state index contributed by atoms with van der Waals surface area (Å²) in [6.45, 7) is 5.04. The topological polar surface area (TPSA) is 67.8 Å². The molecule has 5 nitrogen and oxygen atoms in total. The van der Waals surface area contributed by atoms with E-state index in [1.54, 1.807) is 29.6 Å². The van der Waals surface area contributed by atoms with Crippen molar-refractivity contribution in [3.05, 3.63) is 35.4 Å². The molecule has 1 aromatic rings. The first-order valence-corrected chi connectivity index (χ1v) is 11.9. The molecular weight excluding hydrogens is 392 g/mol.